The van der Waals surface area contributed by atoms with Gasteiger partial charge in [0.05, 0.1) is 17.6 Å². The first-order valence-electron chi connectivity index (χ1n) is 7.16. The maximum absolute atomic E-state index is 10.5. The molecule has 0 aliphatic carbocycles. The van der Waals surface area contributed by atoms with E-state index in [4.69, 9.17) is 0 Å². The van der Waals surface area contributed by atoms with E-state index in [1.807, 2.05) is 0 Å². The summed E-state index contributed by atoms with van der Waals surface area (Å²) in [6.45, 7) is 6.83. The first-order valence-corrected chi connectivity index (χ1v) is 7.16. The third-order valence-corrected chi connectivity index (χ3v) is 3.35. The molecule has 1 aromatic rings. The van der Waals surface area contributed by atoms with Crippen molar-refractivity contribution in [3.05, 3.63) is 22.5 Å². The molecule has 0 aromatic carbocycles. The number of rotatable bonds is 10. The Bertz CT molecular complexity index is 435. The minimum Gasteiger partial charge on any atom is -0.390 e. The van der Waals surface area contributed by atoms with Crippen molar-refractivity contribution in [3.8, 4) is 0 Å². The summed E-state index contributed by atoms with van der Waals surface area (Å²) in [6.07, 6.45) is 2.89. The van der Waals surface area contributed by atoms with Gasteiger partial charge in [-0.2, -0.15) is 5.10 Å². The van der Waals surface area contributed by atoms with E-state index >= 15 is 0 Å². The Morgan fingerprint density at radius 3 is 2.86 bits per heavy atom. The maximum Gasteiger partial charge on any atom is 0.306 e. The molecule has 0 spiro atoms. The fourth-order valence-electron chi connectivity index (χ4n) is 1.81. The number of nitro groups is 1. The fraction of sp³-hybridized carbons (Fsp3) is 0.769. The van der Waals surface area contributed by atoms with Crippen LogP contribution >= 0.6 is 0 Å². The zero-order valence-electron chi connectivity index (χ0n) is 12.9. The van der Waals surface area contributed by atoms with Crippen LogP contribution in [0.2, 0.25) is 0 Å². The first kappa shape index (κ1) is 17.5. The molecule has 8 heteroatoms. The van der Waals surface area contributed by atoms with Crippen molar-refractivity contribution in [2.45, 2.75) is 39.0 Å². The lowest BCUT2D eigenvalue weighted by molar-refractivity contribution is -0.385. The van der Waals surface area contributed by atoms with Crippen molar-refractivity contribution < 1.29 is 10.0 Å². The van der Waals surface area contributed by atoms with Gasteiger partial charge in [0.15, 0.2) is 0 Å². The van der Waals surface area contributed by atoms with Crippen LogP contribution in [0.15, 0.2) is 12.4 Å². The molecule has 1 rings (SSSR count). The highest BCUT2D eigenvalue weighted by atomic mass is 16.6. The maximum atomic E-state index is 10.5. The number of aliphatic hydroxyl groups is 1. The van der Waals surface area contributed by atoms with Gasteiger partial charge in [-0.05, 0) is 40.4 Å². The Morgan fingerprint density at radius 1 is 1.57 bits per heavy atom. The standard InChI is InChI=1S/C13H25N5O3/c1-11(2)16(3)6-4-5-14-8-13(19)10-17-9-12(7-15-17)18(20)21/h7,9,11,13-14,19H,4-6,8,10H2,1-3H3. The van der Waals surface area contributed by atoms with Crippen LogP contribution in [0.4, 0.5) is 5.69 Å². The molecule has 8 nitrogen and oxygen atoms in total. The Hall–Kier alpha value is -1.51. The highest BCUT2D eigenvalue weighted by Crippen LogP contribution is 2.07. The predicted octanol–water partition coefficient (Wildman–Crippen LogP) is 0.472. The average Bonchev–Trinajstić information content (AvgIpc) is 2.86. The lowest BCUT2D eigenvalue weighted by Gasteiger charge is -2.21. The van der Waals surface area contributed by atoms with Gasteiger partial charge in [-0.3, -0.25) is 14.8 Å². The van der Waals surface area contributed by atoms with E-state index in [0.717, 1.165) is 19.5 Å². The first-order chi connectivity index (χ1) is 9.90. The van der Waals surface area contributed by atoms with E-state index in [1.165, 1.54) is 17.1 Å². The van der Waals surface area contributed by atoms with Gasteiger partial charge in [0, 0.05) is 12.6 Å². The van der Waals surface area contributed by atoms with Gasteiger partial charge in [0.1, 0.15) is 12.4 Å². The summed E-state index contributed by atoms with van der Waals surface area (Å²) in [5.41, 5.74) is -0.0631. The van der Waals surface area contributed by atoms with Crippen LogP contribution in [0, 0.1) is 10.1 Å². The molecule has 2 N–H and O–H groups in total. The van der Waals surface area contributed by atoms with Gasteiger partial charge in [0.25, 0.3) is 0 Å². The summed E-state index contributed by atoms with van der Waals surface area (Å²) < 4.78 is 1.39. The highest BCUT2D eigenvalue weighted by Gasteiger charge is 2.11. The Labute approximate surface area is 124 Å². The second-order valence-corrected chi connectivity index (χ2v) is 5.46. The minimum atomic E-state index is -0.618. The molecule has 0 aliphatic heterocycles. The summed E-state index contributed by atoms with van der Waals surface area (Å²) in [6, 6.07) is 0.534. The molecule has 0 bridgehead atoms. The molecule has 21 heavy (non-hydrogen) atoms. The van der Waals surface area contributed by atoms with Crippen LogP contribution in [0.1, 0.15) is 20.3 Å². The van der Waals surface area contributed by atoms with E-state index in [0.29, 0.717) is 12.6 Å². The van der Waals surface area contributed by atoms with Gasteiger partial charge < -0.3 is 15.3 Å². The molecular formula is C13H25N5O3. The summed E-state index contributed by atoms with van der Waals surface area (Å²) >= 11 is 0. The van der Waals surface area contributed by atoms with Crippen molar-refractivity contribution in [3.63, 3.8) is 0 Å². The van der Waals surface area contributed by atoms with Crippen molar-refractivity contribution in [1.82, 2.24) is 20.0 Å². The molecule has 120 valence electrons. The Kier molecular flexibility index (Phi) is 7.27. The van der Waals surface area contributed by atoms with Crippen LogP contribution in [0.5, 0.6) is 0 Å². The van der Waals surface area contributed by atoms with E-state index in [-0.39, 0.29) is 12.2 Å². The lowest BCUT2D eigenvalue weighted by atomic mass is 10.3. The number of aliphatic hydroxyl groups excluding tert-OH is 1. The topological polar surface area (TPSA) is 96.5 Å². The van der Waals surface area contributed by atoms with Gasteiger partial charge in [-0.15, -0.1) is 0 Å². The fourth-order valence-corrected chi connectivity index (χ4v) is 1.81. The molecule has 0 aliphatic rings. The summed E-state index contributed by atoms with van der Waals surface area (Å²) in [5.74, 6) is 0. The number of nitrogens with one attached hydrogen (secondary N) is 1. The van der Waals surface area contributed by atoms with Crippen molar-refractivity contribution in [2.75, 3.05) is 26.7 Å². The molecule has 0 saturated heterocycles. The third kappa shape index (κ3) is 6.65. The lowest BCUT2D eigenvalue weighted by Crippen LogP contribution is -2.33. The highest BCUT2D eigenvalue weighted by molar-refractivity contribution is 5.20. The predicted molar refractivity (Wildman–Crippen MR) is 80.1 cm³/mol. The zero-order valence-corrected chi connectivity index (χ0v) is 12.9. The van der Waals surface area contributed by atoms with Gasteiger partial charge in [-0.25, -0.2) is 0 Å². The molecule has 1 atom stereocenters. The normalized spacial score (nSPS) is 13.0. The second-order valence-electron chi connectivity index (χ2n) is 5.46. The molecule has 1 unspecified atom stereocenters. The van der Waals surface area contributed by atoms with E-state index in [1.54, 1.807) is 0 Å². The second kappa shape index (κ2) is 8.71. The summed E-state index contributed by atoms with van der Waals surface area (Å²) in [5, 5.41) is 27.4. The quantitative estimate of drug-likeness (QED) is 0.370. The smallest absolute Gasteiger partial charge is 0.306 e. The molecule has 0 fully saturated rings. The van der Waals surface area contributed by atoms with Crippen molar-refractivity contribution in [1.29, 1.82) is 0 Å². The Balaban J connectivity index is 2.16. The van der Waals surface area contributed by atoms with E-state index in [9.17, 15) is 15.2 Å². The average molecular weight is 299 g/mol. The van der Waals surface area contributed by atoms with Crippen molar-refractivity contribution in [2.24, 2.45) is 0 Å². The number of aromatic nitrogens is 2. The molecule has 0 saturated carbocycles. The molecule has 0 amide bonds. The molecule has 0 radical (unpaired) electrons. The van der Waals surface area contributed by atoms with Crippen LogP contribution < -0.4 is 5.32 Å². The third-order valence-electron chi connectivity index (χ3n) is 3.35. The zero-order chi connectivity index (χ0) is 15.8. The van der Waals surface area contributed by atoms with E-state index < -0.39 is 11.0 Å². The van der Waals surface area contributed by atoms with Crippen LogP contribution in [-0.2, 0) is 6.54 Å². The monoisotopic (exact) mass is 299 g/mol. The van der Waals surface area contributed by atoms with E-state index in [2.05, 4.69) is 36.2 Å². The molecule has 1 heterocycles. The van der Waals surface area contributed by atoms with Crippen molar-refractivity contribution >= 4 is 5.69 Å². The Morgan fingerprint density at radius 2 is 2.29 bits per heavy atom. The summed E-state index contributed by atoms with van der Waals surface area (Å²) in [4.78, 5) is 12.3. The number of hydrogen-bond donors (Lipinski definition) is 2. The molecular weight excluding hydrogens is 274 g/mol. The number of hydrogen-bond acceptors (Lipinski definition) is 6. The van der Waals surface area contributed by atoms with Crippen LogP contribution in [0.25, 0.3) is 0 Å². The van der Waals surface area contributed by atoms with Crippen LogP contribution in [0.3, 0.4) is 0 Å². The van der Waals surface area contributed by atoms with Gasteiger partial charge in [-0.1, -0.05) is 0 Å². The van der Waals surface area contributed by atoms with Crippen LogP contribution in [-0.4, -0.2) is 63.5 Å². The van der Waals surface area contributed by atoms with Gasteiger partial charge >= 0.3 is 5.69 Å². The molecule has 1 aromatic heterocycles. The number of nitrogens with zero attached hydrogens (tertiary/aromatic N) is 4. The summed E-state index contributed by atoms with van der Waals surface area (Å²) in [7, 11) is 2.09. The largest absolute Gasteiger partial charge is 0.390 e. The minimum absolute atomic E-state index is 0.0631. The SMILES string of the molecule is CC(C)N(C)CCCNCC(O)Cn1cc([N+](=O)[O-])cn1. The van der Waals surface area contributed by atoms with Gasteiger partial charge in [0.2, 0.25) is 0 Å².